The number of nitro benzene ring substituents is 1. The number of ether oxygens (including phenoxy) is 1. The lowest BCUT2D eigenvalue weighted by Crippen LogP contribution is -2.37. The third kappa shape index (κ3) is 4.10. The Morgan fingerprint density at radius 1 is 1.21 bits per heavy atom. The molecule has 0 aliphatic carbocycles. The van der Waals surface area contributed by atoms with E-state index in [2.05, 4.69) is 4.98 Å². The van der Waals surface area contributed by atoms with Gasteiger partial charge in [0.15, 0.2) is 5.13 Å². The number of carbonyl (C=O) groups excluding carboxylic acids is 1. The Bertz CT molecular complexity index is 1020. The van der Waals surface area contributed by atoms with Crippen molar-refractivity contribution in [2.75, 3.05) is 39.2 Å². The van der Waals surface area contributed by atoms with E-state index in [0.717, 1.165) is 4.70 Å². The van der Waals surface area contributed by atoms with Crippen LogP contribution in [0.1, 0.15) is 10.4 Å². The van der Waals surface area contributed by atoms with Crippen LogP contribution in [0, 0.1) is 10.1 Å². The number of aromatic nitrogens is 1. The van der Waals surface area contributed by atoms with Gasteiger partial charge >= 0.3 is 0 Å². The number of methoxy groups -OCH3 is 1. The van der Waals surface area contributed by atoms with Gasteiger partial charge in [-0.2, -0.15) is 0 Å². The summed E-state index contributed by atoms with van der Waals surface area (Å²) >= 11 is 1.36. The lowest BCUT2D eigenvalue weighted by molar-refractivity contribution is -0.385. The van der Waals surface area contributed by atoms with E-state index in [-0.39, 0.29) is 11.3 Å². The number of benzene rings is 2. The molecule has 0 aliphatic heterocycles. The van der Waals surface area contributed by atoms with Crippen LogP contribution in [0.15, 0.2) is 42.5 Å². The fraction of sp³-hybridized carbons (Fsp3) is 0.263. The van der Waals surface area contributed by atoms with Crippen molar-refractivity contribution in [3.63, 3.8) is 0 Å². The van der Waals surface area contributed by atoms with Crippen LogP contribution in [-0.4, -0.2) is 55.0 Å². The van der Waals surface area contributed by atoms with Gasteiger partial charge in [-0.3, -0.25) is 19.8 Å². The van der Waals surface area contributed by atoms with Gasteiger partial charge in [0.05, 0.1) is 22.2 Å². The predicted molar refractivity (Wildman–Crippen MR) is 109 cm³/mol. The topological polar surface area (TPSA) is 88.8 Å². The molecule has 0 saturated heterocycles. The number of amides is 1. The normalized spacial score (nSPS) is 11.0. The molecule has 146 valence electrons. The van der Waals surface area contributed by atoms with Gasteiger partial charge in [0.1, 0.15) is 11.3 Å². The van der Waals surface area contributed by atoms with Crippen molar-refractivity contribution >= 4 is 38.3 Å². The summed E-state index contributed by atoms with van der Waals surface area (Å²) in [5.74, 6) is 0.231. The second-order valence-electron chi connectivity index (χ2n) is 6.36. The van der Waals surface area contributed by atoms with E-state index in [9.17, 15) is 14.9 Å². The molecule has 1 amide bonds. The van der Waals surface area contributed by atoms with Crippen LogP contribution in [0.3, 0.4) is 0 Å². The lowest BCUT2D eigenvalue weighted by atomic mass is 10.1. The number of rotatable bonds is 7. The molecule has 0 atom stereocenters. The van der Waals surface area contributed by atoms with Crippen LogP contribution in [0.25, 0.3) is 10.2 Å². The fourth-order valence-electron chi connectivity index (χ4n) is 2.68. The summed E-state index contributed by atoms with van der Waals surface area (Å²) in [5.41, 5.74) is 0.540. The number of nitrogens with zero attached hydrogens (tertiary/aromatic N) is 4. The van der Waals surface area contributed by atoms with Crippen molar-refractivity contribution in [2.45, 2.75) is 0 Å². The Labute approximate surface area is 166 Å². The number of likely N-dealkylation sites (N-methyl/N-ethyl adjacent to an activating group) is 1. The molecule has 2 aromatic carbocycles. The highest BCUT2D eigenvalue weighted by Crippen LogP contribution is 2.32. The van der Waals surface area contributed by atoms with Crippen molar-refractivity contribution < 1.29 is 14.5 Å². The molecule has 1 aromatic heterocycles. The Balaban J connectivity index is 2.04. The molecule has 3 aromatic rings. The molecule has 0 unspecified atom stereocenters. The number of para-hydroxylation sites is 1. The summed E-state index contributed by atoms with van der Waals surface area (Å²) in [5, 5.41) is 11.9. The quantitative estimate of drug-likeness (QED) is 0.446. The zero-order valence-corrected chi connectivity index (χ0v) is 16.6. The van der Waals surface area contributed by atoms with Crippen LogP contribution >= 0.6 is 11.3 Å². The average molecular weight is 400 g/mol. The van der Waals surface area contributed by atoms with E-state index < -0.39 is 10.8 Å². The number of fused-ring (bicyclic) bond motifs is 1. The third-order valence-electron chi connectivity index (χ3n) is 4.16. The second kappa shape index (κ2) is 8.32. The van der Waals surface area contributed by atoms with Gasteiger partial charge in [-0.25, -0.2) is 4.98 Å². The number of nitro groups is 1. The smallest absolute Gasteiger partial charge is 0.282 e. The molecule has 28 heavy (non-hydrogen) atoms. The van der Waals surface area contributed by atoms with Crippen molar-refractivity contribution in [2.24, 2.45) is 0 Å². The number of carbonyl (C=O) groups is 1. The highest BCUT2D eigenvalue weighted by Gasteiger charge is 2.27. The molecule has 0 fully saturated rings. The van der Waals surface area contributed by atoms with Gasteiger partial charge in [0, 0.05) is 25.2 Å². The van der Waals surface area contributed by atoms with E-state index in [1.807, 2.05) is 31.1 Å². The molecule has 3 rings (SSSR count). The molecule has 0 aliphatic rings. The van der Waals surface area contributed by atoms with Crippen LogP contribution in [0.2, 0.25) is 0 Å². The SMILES string of the molecule is COc1ccc2sc(N(CCN(C)C)C(=O)c3ccccc3[N+](=O)[O-])nc2c1. The van der Waals surface area contributed by atoms with Crippen molar-refractivity contribution in [3.8, 4) is 5.75 Å². The number of hydrogen-bond donors (Lipinski definition) is 0. The number of anilines is 1. The first-order valence-electron chi connectivity index (χ1n) is 8.55. The molecular formula is C19H20N4O4S. The zero-order chi connectivity index (χ0) is 20.3. The van der Waals surface area contributed by atoms with Crippen LogP contribution in [0.4, 0.5) is 10.8 Å². The molecule has 0 saturated carbocycles. The van der Waals surface area contributed by atoms with E-state index in [4.69, 9.17) is 4.74 Å². The van der Waals surface area contributed by atoms with Crippen LogP contribution in [-0.2, 0) is 0 Å². The molecule has 0 radical (unpaired) electrons. The van der Waals surface area contributed by atoms with Crippen molar-refractivity contribution in [1.29, 1.82) is 0 Å². The maximum Gasteiger partial charge on any atom is 0.282 e. The summed E-state index contributed by atoms with van der Waals surface area (Å²) in [6.45, 7) is 0.945. The second-order valence-corrected chi connectivity index (χ2v) is 7.37. The molecule has 9 heteroatoms. The Morgan fingerprint density at radius 3 is 2.64 bits per heavy atom. The molecular weight excluding hydrogens is 380 g/mol. The summed E-state index contributed by atoms with van der Waals surface area (Å²) in [6.07, 6.45) is 0. The zero-order valence-electron chi connectivity index (χ0n) is 15.8. The summed E-state index contributed by atoms with van der Waals surface area (Å²) in [4.78, 5) is 32.1. The maximum absolute atomic E-state index is 13.2. The van der Waals surface area contributed by atoms with E-state index >= 15 is 0 Å². The van der Waals surface area contributed by atoms with Gasteiger partial charge < -0.3 is 9.64 Å². The first-order valence-corrected chi connectivity index (χ1v) is 9.37. The first-order chi connectivity index (χ1) is 13.4. The molecule has 0 spiro atoms. The minimum absolute atomic E-state index is 0.0445. The van der Waals surface area contributed by atoms with Gasteiger partial charge in [0.2, 0.25) is 0 Å². The summed E-state index contributed by atoms with van der Waals surface area (Å²) in [6, 6.07) is 11.5. The first kappa shape index (κ1) is 19.7. The fourth-order valence-corrected chi connectivity index (χ4v) is 3.65. The van der Waals surface area contributed by atoms with Crippen molar-refractivity contribution in [1.82, 2.24) is 9.88 Å². The van der Waals surface area contributed by atoms with Gasteiger partial charge in [-0.1, -0.05) is 23.5 Å². The minimum atomic E-state index is -0.541. The third-order valence-corrected chi connectivity index (χ3v) is 5.22. The molecule has 0 N–H and O–H groups in total. The Hall–Kier alpha value is -3.04. The van der Waals surface area contributed by atoms with Gasteiger partial charge in [0.25, 0.3) is 11.6 Å². The Kier molecular flexibility index (Phi) is 5.86. The molecule has 1 heterocycles. The summed E-state index contributed by atoms with van der Waals surface area (Å²) < 4.78 is 6.14. The van der Waals surface area contributed by atoms with E-state index in [1.165, 1.54) is 28.4 Å². The highest BCUT2D eigenvalue weighted by molar-refractivity contribution is 7.22. The van der Waals surface area contributed by atoms with E-state index in [1.54, 1.807) is 25.3 Å². The molecule has 8 nitrogen and oxygen atoms in total. The standard InChI is InChI=1S/C19H20N4O4S/c1-21(2)10-11-22(18(24)14-6-4-5-7-16(14)23(25)26)19-20-15-12-13(27-3)8-9-17(15)28-19/h4-9,12H,10-11H2,1-3H3. The largest absolute Gasteiger partial charge is 0.497 e. The van der Waals surface area contributed by atoms with Gasteiger partial charge in [-0.05, 0) is 32.3 Å². The lowest BCUT2D eigenvalue weighted by Gasteiger charge is -2.21. The number of thiazole rings is 1. The monoisotopic (exact) mass is 400 g/mol. The van der Waals surface area contributed by atoms with Crippen molar-refractivity contribution in [3.05, 3.63) is 58.1 Å². The van der Waals surface area contributed by atoms with E-state index in [0.29, 0.717) is 29.5 Å². The van der Waals surface area contributed by atoms with Crippen LogP contribution in [0.5, 0.6) is 5.75 Å². The summed E-state index contributed by atoms with van der Waals surface area (Å²) in [7, 11) is 5.38. The van der Waals surface area contributed by atoms with Crippen LogP contribution < -0.4 is 9.64 Å². The average Bonchev–Trinajstić information content (AvgIpc) is 3.10. The molecule has 0 bridgehead atoms. The number of hydrogen-bond acceptors (Lipinski definition) is 7. The predicted octanol–water partition coefficient (Wildman–Crippen LogP) is 3.42. The highest BCUT2D eigenvalue weighted by atomic mass is 32.1. The van der Waals surface area contributed by atoms with Gasteiger partial charge in [-0.15, -0.1) is 0 Å². The Morgan fingerprint density at radius 2 is 1.96 bits per heavy atom. The minimum Gasteiger partial charge on any atom is -0.497 e. The maximum atomic E-state index is 13.2.